The van der Waals surface area contributed by atoms with Crippen LogP contribution in [-0.4, -0.2) is 52.0 Å². The standard InChI is InChI=1S/C25H26F3N7O2/c1-31-11-16(9-29)14-4-13(5-17(26)6-14)10-33-25(37)22-23-20(2-3-32-22)34-24(35(23)12-21(30)36)15-7-18(27)19(28)8-15/h2-6,9,11,15,18-19,29,31H,7-8,10,12H2,1H3,(H2,30,36)(H,33,37)/b16-11+,29-9?. The number of pyridine rings is 1. The number of amides is 2. The van der Waals surface area contributed by atoms with Crippen molar-refractivity contribution in [2.75, 3.05) is 7.05 Å². The molecule has 2 amide bonds. The minimum atomic E-state index is -1.64. The summed E-state index contributed by atoms with van der Waals surface area (Å²) in [5.74, 6) is -2.20. The van der Waals surface area contributed by atoms with Crippen molar-refractivity contribution in [3.63, 3.8) is 0 Å². The van der Waals surface area contributed by atoms with Crippen molar-refractivity contribution in [2.24, 2.45) is 5.73 Å². The number of nitrogens with two attached hydrogens (primary N) is 1. The molecular weight excluding hydrogens is 487 g/mol. The van der Waals surface area contributed by atoms with E-state index in [0.29, 0.717) is 22.2 Å². The molecule has 1 aliphatic carbocycles. The number of aromatic nitrogens is 3. The van der Waals surface area contributed by atoms with Crippen LogP contribution >= 0.6 is 0 Å². The largest absolute Gasteiger partial charge is 0.393 e. The van der Waals surface area contributed by atoms with E-state index >= 15 is 0 Å². The number of imidazole rings is 1. The van der Waals surface area contributed by atoms with Crippen molar-refractivity contribution >= 4 is 34.6 Å². The van der Waals surface area contributed by atoms with Gasteiger partial charge in [-0.2, -0.15) is 0 Å². The number of hydrogen-bond acceptors (Lipinski definition) is 6. The first-order valence-corrected chi connectivity index (χ1v) is 11.6. The molecule has 1 aliphatic rings. The molecule has 0 radical (unpaired) electrons. The molecule has 3 aromatic rings. The molecule has 1 aromatic carbocycles. The van der Waals surface area contributed by atoms with Crippen LogP contribution in [0, 0.1) is 11.2 Å². The second-order valence-electron chi connectivity index (χ2n) is 8.81. The molecule has 0 aliphatic heterocycles. The van der Waals surface area contributed by atoms with Gasteiger partial charge in [0.2, 0.25) is 5.91 Å². The summed E-state index contributed by atoms with van der Waals surface area (Å²) in [5, 5.41) is 13.0. The number of benzene rings is 1. The highest BCUT2D eigenvalue weighted by molar-refractivity contribution is 6.08. The lowest BCUT2D eigenvalue weighted by molar-refractivity contribution is -0.118. The highest BCUT2D eigenvalue weighted by Gasteiger charge is 2.38. The van der Waals surface area contributed by atoms with E-state index in [0.717, 1.165) is 6.21 Å². The number of carbonyl (C=O) groups is 2. The Morgan fingerprint density at radius 2 is 1.97 bits per heavy atom. The lowest BCUT2D eigenvalue weighted by Gasteiger charge is -2.13. The Bertz CT molecular complexity index is 1380. The maximum Gasteiger partial charge on any atom is 0.272 e. The topological polar surface area (TPSA) is 139 Å². The van der Waals surface area contributed by atoms with Gasteiger partial charge in [0, 0.05) is 43.7 Å². The van der Waals surface area contributed by atoms with E-state index in [1.54, 1.807) is 19.3 Å². The molecule has 5 N–H and O–H groups in total. The van der Waals surface area contributed by atoms with Crippen molar-refractivity contribution < 1.29 is 22.8 Å². The molecule has 2 heterocycles. The highest BCUT2D eigenvalue weighted by atomic mass is 19.2. The van der Waals surface area contributed by atoms with Crippen LogP contribution in [0.1, 0.15) is 46.2 Å². The Morgan fingerprint density at radius 1 is 1.24 bits per heavy atom. The van der Waals surface area contributed by atoms with Crippen LogP contribution in [0.15, 0.2) is 36.7 Å². The summed E-state index contributed by atoms with van der Waals surface area (Å²) in [6.45, 7) is -0.404. The molecule has 194 valence electrons. The molecule has 0 saturated heterocycles. The number of alkyl halides is 2. The van der Waals surface area contributed by atoms with E-state index in [9.17, 15) is 22.8 Å². The van der Waals surface area contributed by atoms with Crippen LogP contribution in [-0.2, 0) is 17.9 Å². The molecule has 1 saturated carbocycles. The van der Waals surface area contributed by atoms with Gasteiger partial charge in [0.25, 0.3) is 5.91 Å². The molecule has 4 rings (SSSR count). The second-order valence-corrected chi connectivity index (χ2v) is 8.81. The van der Waals surface area contributed by atoms with Gasteiger partial charge in [-0.3, -0.25) is 9.59 Å². The summed E-state index contributed by atoms with van der Waals surface area (Å²) in [6, 6.07) is 5.71. The fourth-order valence-electron chi connectivity index (χ4n) is 4.59. The van der Waals surface area contributed by atoms with Crippen LogP contribution in [0.4, 0.5) is 13.2 Å². The molecule has 37 heavy (non-hydrogen) atoms. The van der Waals surface area contributed by atoms with Gasteiger partial charge >= 0.3 is 0 Å². The van der Waals surface area contributed by atoms with E-state index in [1.807, 2.05) is 0 Å². The van der Waals surface area contributed by atoms with Gasteiger partial charge in [-0.25, -0.2) is 23.1 Å². The number of hydrogen-bond donors (Lipinski definition) is 4. The summed E-state index contributed by atoms with van der Waals surface area (Å²) < 4.78 is 43.5. The van der Waals surface area contributed by atoms with Gasteiger partial charge in [0.15, 0.2) is 5.69 Å². The minimum Gasteiger partial charge on any atom is -0.393 e. The summed E-state index contributed by atoms with van der Waals surface area (Å²) in [4.78, 5) is 33.6. The van der Waals surface area contributed by atoms with Crippen molar-refractivity contribution in [1.29, 1.82) is 5.41 Å². The quantitative estimate of drug-likeness (QED) is 0.326. The average Bonchev–Trinajstić information content (AvgIpc) is 3.39. The minimum absolute atomic E-state index is 0.0566. The number of nitrogens with zero attached hydrogens (tertiary/aromatic N) is 3. The molecule has 0 spiro atoms. The number of nitrogens with one attached hydrogen (secondary N) is 3. The molecule has 2 atom stereocenters. The van der Waals surface area contributed by atoms with Gasteiger partial charge < -0.3 is 26.3 Å². The fraction of sp³-hybridized carbons (Fsp3) is 0.320. The number of fused-ring (bicyclic) bond motifs is 1. The number of allylic oxidation sites excluding steroid dienone is 1. The van der Waals surface area contributed by atoms with E-state index in [4.69, 9.17) is 11.1 Å². The Hall–Kier alpha value is -4.22. The zero-order chi connectivity index (χ0) is 26.7. The van der Waals surface area contributed by atoms with Crippen LogP contribution < -0.4 is 16.4 Å². The van der Waals surface area contributed by atoms with Crippen LogP contribution in [0.5, 0.6) is 0 Å². The van der Waals surface area contributed by atoms with Gasteiger partial charge in [0.1, 0.15) is 36.0 Å². The summed E-state index contributed by atoms with van der Waals surface area (Å²) in [7, 11) is 1.66. The number of primary amides is 1. The van der Waals surface area contributed by atoms with Crippen molar-refractivity contribution in [1.82, 2.24) is 25.2 Å². The third kappa shape index (κ3) is 5.47. The van der Waals surface area contributed by atoms with Gasteiger partial charge in [0.05, 0.1) is 5.52 Å². The lowest BCUT2D eigenvalue weighted by atomic mass is 10.0. The van der Waals surface area contributed by atoms with E-state index in [2.05, 4.69) is 20.6 Å². The number of halogens is 3. The number of carbonyl (C=O) groups excluding carboxylic acids is 2. The van der Waals surface area contributed by atoms with Crippen molar-refractivity contribution in [3.05, 3.63) is 65.1 Å². The first-order chi connectivity index (χ1) is 17.7. The summed E-state index contributed by atoms with van der Waals surface area (Å²) >= 11 is 0. The summed E-state index contributed by atoms with van der Waals surface area (Å²) in [5.41, 5.74) is 7.25. The zero-order valence-corrected chi connectivity index (χ0v) is 20.0. The molecule has 12 heteroatoms. The molecule has 9 nitrogen and oxygen atoms in total. The molecule has 1 fully saturated rings. The summed E-state index contributed by atoms with van der Waals surface area (Å²) in [6.07, 6.45) is 0.523. The third-order valence-electron chi connectivity index (χ3n) is 6.19. The Balaban J connectivity index is 1.66. The predicted octanol–water partition coefficient (Wildman–Crippen LogP) is 2.75. The highest BCUT2D eigenvalue weighted by Crippen LogP contribution is 2.39. The smallest absolute Gasteiger partial charge is 0.272 e. The molecule has 2 aromatic heterocycles. The maximum atomic E-state index is 14.2. The Kier molecular flexibility index (Phi) is 7.55. The Morgan fingerprint density at radius 3 is 2.62 bits per heavy atom. The Labute approximate surface area is 210 Å². The normalized spacial score (nSPS) is 19.7. The van der Waals surface area contributed by atoms with Gasteiger partial charge in [-0.05, 0) is 48.2 Å². The van der Waals surface area contributed by atoms with Crippen LogP contribution in [0.3, 0.4) is 0 Å². The van der Waals surface area contributed by atoms with E-state index in [-0.39, 0.29) is 43.0 Å². The number of rotatable bonds is 9. The van der Waals surface area contributed by atoms with Gasteiger partial charge in [-0.1, -0.05) is 0 Å². The molecular formula is C25H26F3N7O2. The van der Waals surface area contributed by atoms with Crippen molar-refractivity contribution in [2.45, 2.75) is 44.2 Å². The monoisotopic (exact) mass is 513 g/mol. The third-order valence-corrected chi connectivity index (χ3v) is 6.19. The van der Waals surface area contributed by atoms with E-state index < -0.39 is 35.9 Å². The SMILES string of the molecule is CN/C=C(\C=N)c1cc(F)cc(CNC(=O)c2nccc3nc(C4CC(F)C(F)C4)n(CC(N)=O)c23)c1. The predicted molar refractivity (Wildman–Crippen MR) is 132 cm³/mol. The zero-order valence-electron chi connectivity index (χ0n) is 20.0. The van der Waals surface area contributed by atoms with Crippen LogP contribution in [0.25, 0.3) is 16.6 Å². The lowest BCUT2D eigenvalue weighted by Crippen LogP contribution is -2.26. The first-order valence-electron chi connectivity index (χ1n) is 11.6. The van der Waals surface area contributed by atoms with E-state index in [1.165, 1.54) is 29.0 Å². The maximum absolute atomic E-state index is 14.2. The molecule has 2 unspecified atom stereocenters. The fourth-order valence-corrected chi connectivity index (χ4v) is 4.59. The average molecular weight is 514 g/mol. The molecule has 0 bridgehead atoms. The van der Waals surface area contributed by atoms with Gasteiger partial charge in [-0.15, -0.1) is 0 Å². The first kappa shape index (κ1) is 25.9. The van der Waals surface area contributed by atoms with Crippen LogP contribution in [0.2, 0.25) is 0 Å². The van der Waals surface area contributed by atoms with Crippen molar-refractivity contribution in [3.8, 4) is 0 Å². The second kappa shape index (κ2) is 10.8.